The first-order valence-electron chi connectivity index (χ1n) is 7.05. The molecule has 0 aliphatic carbocycles. The Hall–Kier alpha value is -1.61. The molecule has 1 unspecified atom stereocenters. The maximum Gasteiger partial charge on any atom is 0.0949 e. The first kappa shape index (κ1) is 13.8. The minimum absolute atomic E-state index is 0.564. The highest BCUT2D eigenvalue weighted by molar-refractivity contribution is 5.25. The van der Waals surface area contributed by atoms with Crippen LogP contribution in [0.1, 0.15) is 37.3 Å². The van der Waals surface area contributed by atoms with Gasteiger partial charge in [-0.1, -0.05) is 38.1 Å². The Morgan fingerprint density at radius 3 is 2.68 bits per heavy atom. The molecule has 0 fully saturated rings. The summed E-state index contributed by atoms with van der Waals surface area (Å²) in [6.07, 6.45) is 6.85. The molecule has 1 aromatic carbocycles. The van der Waals surface area contributed by atoms with E-state index in [4.69, 9.17) is 0 Å². The average molecular weight is 257 g/mol. The van der Waals surface area contributed by atoms with Gasteiger partial charge in [-0.05, 0) is 30.0 Å². The summed E-state index contributed by atoms with van der Waals surface area (Å²) in [4.78, 5) is 4.06. The quantitative estimate of drug-likeness (QED) is 0.773. The van der Waals surface area contributed by atoms with Crippen LogP contribution >= 0.6 is 0 Å². The fraction of sp³-hybridized carbons (Fsp3) is 0.438. The maximum atomic E-state index is 4.06. The van der Waals surface area contributed by atoms with Crippen LogP contribution in [-0.2, 0) is 6.54 Å². The smallest absolute Gasteiger partial charge is 0.0949 e. The molecule has 0 aliphatic heterocycles. The zero-order valence-corrected chi connectivity index (χ0v) is 11.8. The van der Waals surface area contributed by atoms with Gasteiger partial charge in [0.1, 0.15) is 0 Å². The Morgan fingerprint density at radius 1 is 1.26 bits per heavy atom. The second-order valence-electron chi connectivity index (χ2n) is 5.08. The van der Waals surface area contributed by atoms with Gasteiger partial charge >= 0.3 is 0 Å². The van der Waals surface area contributed by atoms with Crippen molar-refractivity contribution < 1.29 is 0 Å². The van der Waals surface area contributed by atoms with E-state index in [0.717, 1.165) is 19.6 Å². The molecule has 0 spiro atoms. The van der Waals surface area contributed by atoms with E-state index in [-0.39, 0.29) is 0 Å². The number of nitrogens with zero attached hydrogens (tertiary/aromatic N) is 2. The number of nitrogens with one attached hydrogen (secondary N) is 1. The molecule has 3 heteroatoms. The molecule has 0 radical (unpaired) electrons. The Kier molecular flexibility index (Phi) is 5.16. The van der Waals surface area contributed by atoms with Gasteiger partial charge < -0.3 is 9.88 Å². The van der Waals surface area contributed by atoms with Crippen molar-refractivity contribution in [3.05, 3.63) is 54.1 Å². The largest absolute Gasteiger partial charge is 0.333 e. The van der Waals surface area contributed by atoms with Crippen LogP contribution in [0.5, 0.6) is 0 Å². The van der Waals surface area contributed by atoms with Crippen LogP contribution in [0, 0.1) is 0 Å². The molecule has 0 bridgehead atoms. The average Bonchev–Trinajstić information content (AvgIpc) is 2.93. The van der Waals surface area contributed by atoms with E-state index in [1.807, 2.05) is 18.7 Å². The second kappa shape index (κ2) is 7.10. The van der Waals surface area contributed by atoms with Gasteiger partial charge in [0.25, 0.3) is 0 Å². The molecule has 3 nitrogen and oxygen atoms in total. The molecule has 1 N–H and O–H groups in total. The lowest BCUT2D eigenvalue weighted by molar-refractivity contribution is 0.609. The first-order valence-corrected chi connectivity index (χ1v) is 7.05. The monoisotopic (exact) mass is 257 g/mol. The lowest BCUT2D eigenvalue weighted by Gasteiger charge is -2.13. The highest BCUT2D eigenvalue weighted by Crippen LogP contribution is 2.15. The van der Waals surface area contributed by atoms with Gasteiger partial charge in [-0.3, -0.25) is 0 Å². The highest BCUT2D eigenvalue weighted by Gasteiger charge is 2.04. The third-order valence-electron chi connectivity index (χ3n) is 3.35. The zero-order chi connectivity index (χ0) is 13.5. The molecule has 0 amide bonds. The summed E-state index contributed by atoms with van der Waals surface area (Å²) in [5.41, 5.74) is 2.72. The number of benzene rings is 1. The van der Waals surface area contributed by atoms with Crippen LogP contribution in [-0.4, -0.2) is 22.6 Å². The molecular weight excluding hydrogens is 234 g/mol. The van der Waals surface area contributed by atoms with Gasteiger partial charge in [-0.25, -0.2) is 4.98 Å². The Bertz CT molecular complexity index is 459. The topological polar surface area (TPSA) is 29.9 Å². The van der Waals surface area contributed by atoms with E-state index in [1.165, 1.54) is 17.5 Å². The lowest BCUT2D eigenvalue weighted by atomic mass is 10.00. The van der Waals surface area contributed by atoms with E-state index in [2.05, 4.69) is 53.0 Å². The van der Waals surface area contributed by atoms with Crippen LogP contribution in [0.2, 0.25) is 0 Å². The highest BCUT2D eigenvalue weighted by atomic mass is 15.0. The van der Waals surface area contributed by atoms with Gasteiger partial charge in [-0.2, -0.15) is 0 Å². The van der Waals surface area contributed by atoms with Crippen LogP contribution in [0.25, 0.3) is 0 Å². The van der Waals surface area contributed by atoms with E-state index < -0.39 is 0 Å². The SMILES string of the molecule is CCCNCC(C)c1ccc(Cn2ccnc2)cc1. The van der Waals surface area contributed by atoms with Gasteiger partial charge in [0.15, 0.2) is 0 Å². The van der Waals surface area contributed by atoms with Crippen molar-refractivity contribution in [3.8, 4) is 0 Å². The lowest BCUT2D eigenvalue weighted by Crippen LogP contribution is -2.20. The predicted molar refractivity (Wildman–Crippen MR) is 79.3 cm³/mol. The summed E-state index contributed by atoms with van der Waals surface area (Å²) in [6.45, 7) is 7.51. The minimum atomic E-state index is 0.564. The van der Waals surface area contributed by atoms with Gasteiger partial charge in [0.2, 0.25) is 0 Å². The molecule has 2 aromatic rings. The summed E-state index contributed by atoms with van der Waals surface area (Å²) >= 11 is 0. The number of rotatable bonds is 7. The van der Waals surface area contributed by atoms with Crippen molar-refractivity contribution in [2.75, 3.05) is 13.1 Å². The summed E-state index contributed by atoms with van der Waals surface area (Å²) in [5, 5.41) is 3.47. The van der Waals surface area contributed by atoms with E-state index in [0.29, 0.717) is 5.92 Å². The van der Waals surface area contributed by atoms with Crippen molar-refractivity contribution in [1.29, 1.82) is 0 Å². The van der Waals surface area contributed by atoms with E-state index >= 15 is 0 Å². The van der Waals surface area contributed by atoms with Gasteiger partial charge in [0.05, 0.1) is 6.33 Å². The van der Waals surface area contributed by atoms with Crippen molar-refractivity contribution in [3.63, 3.8) is 0 Å². The molecule has 19 heavy (non-hydrogen) atoms. The summed E-state index contributed by atoms with van der Waals surface area (Å²) < 4.78 is 2.08. The minimum Gasteiger partial charge on any atom is -0.333 e. The van der Waals surface area contributed by atoms with Crippen LogP contribution < -0.4 is 5.32 Å². The zero-order valence-electron chi connectivity index (χ0n) is 11.8. The molecule has 2 rings (SSSR count). The van der Waals surface area contributed by atoms with Gasteiger partial charge in [0, 0.05) is 25.5 Å². The van der Waals surface area contributed by atoms with E-state index in [9.17, 15) is 0 Å². The van der Waals surface area contributed by atoms with Crippen molar-refractivity contribution in [2.24, 2.45) is 0 Å². The molecule has 1 aromatic heterocycles. The first-order chi connectivity index (χ1) is 9.29. The summed E-state index contributed by atoms with van der Waals surface area (Å²) in [6, 6.07) is 8.91. The third kappa shape index (κ3) is 4.21. The molecule has 0 saturated carbocycles. The predicted octanol–water partition coefficient (Wildman–Crippen LogP) is 3.03. The molecule has 0 aliphatic rings. The fourth-order valence-electron chi connectivity index (χ4n) is 2.16. The fourth-order valence-corrected chi connectivity index (χ4v) is 2.16. The van der Waals surface area contributed by atoms with Crippen molar-refractivity contribution >= 4 is 0 Å². The molecular formula is C16H23N3. The normalized spacial score (nSPS) is 12.5. The number of hydrogen-bond donors (Lipinski definition) is 1. The van der Waals surface area contributed by atoms with Crippen molar-refractivity contribution in [1.82, 2.24) is 14.9 Å². The number of aromatic nitrogens is 2. The van der Waals surface area contributed by atoms with Crippen LogP contribution in [0.4, 0.5) is 0 Å². The van der Waals surface area contributed by atoms with Gasteiger partial charge in [-0.15, -0.1) is 0 Å². The Labute approximate surface area is 115 Å². The number of hydrogen-bond acceptors (Lipinski definition) is 2. The summed E-state index contributed by atoms with van der Waals surface area (Å²) in [5.74, 6) is 0.564. The Morgan fingerprint density at radius 2 is 2.05 bits per heavy atom. The maximum absolute atomic E-state index is 4.06. The standard InChI is InChI=1S/C16H23N3/c1-3-8-17-11-14(2)16-6-4-15(5-7-16)12-19-10-9-18-13-19/h4-7,9-10,13-14,17H,3,8,11-12H2,1-2H3. The molecule has 0 saturated heterocycles. The number of imidazole rings is 1. The third-order valence-corrected chi connectivity index (χ3v) is 3.35. The Balaban J connectivity index is 1.90. The van der Waals surface area contributed by atoms with Crippen LogP contribution in [0.15, 0.2) is 43.0 Å². The molecule has 102 valence electrons. The molecule has 1 heterocycles. The summed E-state index contributed by atoms with van der Waals surface area (Å²) in [7, 11) is 0. The molecule has 1 atom stereocenters. The van der Waals surface area contributed by atoms with Crippen molar-refractivity contribution in [2.45, 2.75) is 32.7 Å². The van der Waals surface area contributed by atoms with Crippen LogP contribution in [0.3, 0.4) is 0 Å². The van der Waals surface area contributed by atoms with E-state index in [1.54, 1.807) is 0 Å². The second-order valence-corrected chi connectivity index (χ2v) is 5.08.